The molecule has 1 saturated carbocycles. The molecule has 0 radical (unpaired) electrons. The first-order chi connectivity index (χ1) is 24.4. The summed E-state index contributed by atoms with van der Waals surface area (Å²) in [6.07, 6.45) is 3.13. The molecule has 5 unspecified atom stereocenters. The van der Waals surface area contributed by atoms with Gasteiger partial charge in [0, 0.05) is 61.7 Å². The fourth-order valence-corrected chi connectivity index (χ4v) is 7.48. The molecule has 4 aliphatic rings. The Bertz CT molecular complexity index is 1450. The average Bonchev–Trinajstić information content (AvgIpc) is 3.93. The largest absolute Gasteiger partial charge is 0.573 e. The van der Waals surface area contributed by atoms with Gasteiger partial charge in [-0.25, -0.2) is 13.6 Å². The number of halogens is 7. The minimum Gasteiger partial charge on any atom is -0.454 e. The van der Waals surface area contributed by atoms with Crippen molar-refractivity contribution < 1.29 is 45.7 Å². The van der Waals surface area contributed by atoms with E-state index in [-0.39, 0.29) is 23.6 Å². The summed E-state index contributed by atoms with van der Waals surface area (Å²) in [6, 6.07) is 3.68. The summed E-state index contributed by atoms with van der Waals surface area (Å²) in [4.78, 5) is 20.1. The topological polar surface area (TPSA) is 72.8 Å². The maximum absolute atomic E-state index is 13.9. The Morgan fingerprint density at radius 2 is 1.98 bits per heavy atom. The molecule has 0 aromatic heterocycles. The van der Waals surface area contributed by atoms with E-state index in [0.717, 1.165) is 30.6 Å². The molecule has 0 bridgehead atoms. The molecule has 5 atom stereocenters. The molecule has 2 aliphatic heterocycles. The summed E-state index contributed by atoms with van der Waals surface area (Å²) < 4.78 is 90.4. The predicted molar refractivity (Wildman–Crippen MR) is 189 cm³/mol. The second kappa shape index (κ2) is 18.6. The van der Waals surface area contributed by atoms with Gasteiger partial charge in [-0.15, -0.1) is 24.8 Å². The second-order valence-corrected chi connectivity index (χ2v) is 14.6. The minimum absolute atomic E-state index is 0.0138. The fraction of sp³-hybridized carbons (Fsp3) is 0.600. The first kappa shape index (κ1) is 39.8. The van der Waals surface area contributed by atoms with Crippen LogP contribution in [0.25, 0.3) is 0 Å². The number of allylic oxidation sites excluding steroid dienone is 2. The van der Waals surface area contributed by atoms with E-state index in [4.69, 9.17) is 37.4 Å². The van der Waals surface area contributed by atoms with Crippen molar-refractivity contribution in [3.8, 4) is 5.75 Å². The van der Waals surface area contributed by atoms with Crippen LogP contribution < -0.4 is 9.04 Å². The number of carbonyl (C=O) groups is 1. The summed E-state index contributed by atoms with van der Waals surface area (Å²) in [6.45, 7) is 3.92. The Morgan fingerprint density at radius 1 is 1.22 bits per heavy atom. The Kier molecular flexibility index (Phi) is 14.5. The molecule has 0 amide bonds. The molecule has 0 spiro atoms. The van der Waals surface area contributed by atoms with Crippen molar-refractivity contribution >= 4 is 53.0 Å². The van der Waals surface area contributed by atoms with Crippen LogP contribution in [0.5, 0.6) is 5.75 Å². The van der Waals surface area contributed by atoms with E-state index < -0.39 is 48.0 Å². The van der Waals surface area contributed by atoms with E-state index in [1.807, 2.05) is 6.08 Å². The number of ether oxygens (including phenoxy) is 4. The highest BCUT2D eigenvalue weighted by Gasteiger charge is 2.36. The summed E-state index contributed by atoms with van der Waals surface area (Å²) in [5, 5.41) is -0.218. The summed E-state index contributed by atoms with van der Waals surface area (Å²) >= 11 is 14.3. The highest BCUT2D eigenvalue weighted by molar-refractivity contribution is 8.00. The van der Waals surface area contributed by atoms with E-state index in [9.17, 15) is 26.7 Å². The smallest absolute Gasteiger partial charge is 0.454 e. The fourth-order valence-electron chi connectivity index (χ4n) is 6.23. The summed E-state index contributed by atoms with van der Waals surface area (Å²) in [5.74, 6) is -1.57. The number of hydrogen-bond donors (Lipinski definition) is 0. The van der Waals surface area contributed by atoms with Crippen molar-refractivity contribution in [1.82, 2.24) is 4.90 Å². The molecule has 51 heavy (non-hydrogen) atoms. The lowest BCUT2D eigenvalue weighted by Crippen LogP contribution is -2.40. The van der Waals surface area contributed by atoms with Crippen LogP contribution >= 0.6 is 35.1 Å². The number of anilines is 1. The van der Waals surface area contributed by atoms with E-state index in [1.165, 1.54) is 36.4 Å². The molecule has 282 valence electrons. The lowest BCUT2D eigenvalue weighted by molar-refractivity contribution is -0.274. The number of hydrogen-bond acceptors (Lipinski definition) is 9. The molecule has 1 saturated heterocycles. The average molecular weight is 783 g/mol. The molecular formula is C35H42Cl2F5N3O5S. The second-order valence-electron chi connectivity index (χ2n) is 12.9. The van der Waals surface area contributed by atoms with Crippen LogP contribution in [0.1, 0.15) is 42.5 Å². The molecule has 1 aromatic rings. The van der Waals surface area contributed by atoms with Crippen molar-refractivity contribution in [3.05, 3.63) is 58.8 Å². The molecule has 16 heteroatoms. The zero-order chi connectivity index (χ0) is 36.5. The number of carbonyl (C=O) groups excluding carboxylic acids is 1. The molecule has 0 N–H and O–H groups in total. The van der Waals surface area contributed by atoms with E-state index in [0.29, 0.717) is 69.8 Å². The van der Waals surface area contributed by atoms with Gasteiger partial charge in [-0.3, -0.25) is 9.89 Å². The zero-order valence-electron chi connectivity index (χ0n) is 28.1. The van der Waals surface area contributed by atoms with Crippen molar-refractivity contribution in [3.63, 3.8) is 0 Å². The lowest BCUT2D eigenvalue weighted by Gasteiger charge is -2.34. The van der Waals surface area contributed by atoms with Gasteiger partial charge >= 0.3 is 12.3 Å². The molecular weight excluding hydrogens is 740 g/mol. The highest BCUT2D eigenvalue weighted by Crippen LogP contribution is 2.40. The summed E-state index contributed by atoms with van der Waals surface area (Å²) in [7, 11) is 0. The molecule has 5 rings (SSSR count). The van der Waals surface area contributed by atoms with Gasteiger partial charge < -0.3 is 23.3 Å². The number of benzene rings is 1. The number of esters is 1. The van der Waals surface area contributed by atoms with Gasteiger partial charge in [0.15, 0.2) is 5.75 Å². The van der Waals surface area contributed by atoms with Crippen LogP contribution in [0.3, 0.4) is 0 Å². The normalized spacial score (nSPS) is 25.1. The SMILES string of the molecule is CSN(CCN1CCOCC1)c1cc(C(=O)OC(CC2C(Cl)=CN=CC2Cl)C2=CC(OCC3CC3)C(/C=C/C(F)F)CC2)ccc1OC(F)(F)F. The van der Waals surface area contributed by atoms with Crippen LogP contribution in [0.4, 0.5) is 27.6 Å². The number of nitrogens with zero attached hydrogens (tertiary/aromatic N) is 3. The van der Waals surface area contributed by atoms with E-state index >= 15 is 0 Å². The third-order valence-corrected chi connectivity index (χ3v) is 10.8. The highest BCUT2D eigenvalue weighted by atomic mass is 35.5. The number of alkyl halides is 6. The molecule has 8 nitrogen and oxygen atoms in total. The number of aliphatic imine (C=N–C) groups is 1. The van der Waals surface area contributed by atoms with Gasteiger partial charge in [-0.05, 0) is 67.9 Å². The summed E-state index contributed by atoms with van der Waals surface area (Å²) in [5.41, 5.74) is 0.795. The van der Waals surface area contributed by atoms with Crippen molar-refractivity contribution in [2.24, 2.45) is 22.7 Å². The molecule has 2 fully saturated rings. The maximum atomic E-state index is 13.9. The van der Waals surface area contributed by atoms with Gasteiger partial charge in [-0.1, -0.05) is 35.7 Å². The monoisotopic (exact) mass is 781 g/mol. The van der Waals surface area contributed by atoms with Gasteiger partial charge in [0.25, 0.3) is 6.43 Å². The van der Waals surface area contributed by atoms with Crippen molar-refractivity contribution in [2.45, 2.75) is 62.5 Å². The van der Waals surface area contributed by atoms with Crippen LogP contribution in [0.2, 0.25) is 0 Å². The Morgan fingerprint density at radius 3 is 2.65 bits per heavy atom. The molecule has 1 aromatic carbocycles. The predicted octanol–water partition coefficient (Wildman–Crippen LogP) is 8.26. The van der Waals surface area contributed by atoms with E-state index in [2.05, 4.69) is 14.6 Å². The molecule has 2 heterocycles. The number of rotatable bonds is 16. The zero-order valence-corrected chi connectivity index (χ0v) is 30.4. The van der Waals surface area contributed by atoms with Gasteiger partial charge in [0.2, 0.25) is 0 Å². The first-order valence-electron chi connectivity index (χ1n) is 16.9. The maximum Gasteiger partial charge on any atom is 0.573 e. The third-order valence-electron chi connectivity index (χ3n) is 9.22. The Balaban J connectivity index is 1.42. The van der Waals surface area contributed by atoms with Crippen LogP contribution in [-0.2, 0) is 14.2 Å². The van der Waals surface area contributed by atoms with Crippen LogP contribution in [0, 0.1) is 17.8 Å². The minimum atomic E-state index is -4.96. The Hall–Kier alpha value is -2.36. The van der Waals surface area contributed by atoms with Gasteiger partial charge in [0.1, 0.15) is 6.10 Å². The van der Waals surface area contributed by atoms with Gasteiger partial charge in [-0.2, -0.15) is 0 Å². The molecule has 2 aliphatic carbocycles. The van der Waals surface area contributed by atoms with Crippen molar-refractivity contribution in [1.29, 1.82) is 0 Å². The van der Waals surface area contributed by atoms with Gasteiger partial charge in [0.05, 0.1) is 42.6 Å². The lowest BCUT2D eigenvalue weighted by atomic mass is 9.82. The van der Waals surface area contributed by atoms with Crippen LogP contribution in [0.15, 0.2) is 58.2 Å². The van der Waals surface area contributed by atoms with Crippen LogP contribution in [-0.4, -0.2) is 99.7 Å². The third kappa shape index (κ3) is 12.1. The Labute approximate surface area is 309 Å². The standard InChI is InChI=1S/C35H42Cl2F5N3O5S/c1-51-45(11-10-44-12-14-47-15-13-44)29-16-25(6-8-30(29)50-35(40,41)42)34(46)49-32(18-26-27(36)19-43-20-28(26)37)24-5-4-23(7-9-33(38)39)31(17-24)48-21-22-2-3-22/h6-9,16-17,19-20,22-23,26-27,31-33H,2-5,10-15,18,21H2,1H3/b9-7+. The van der Waals surface area contributed by atoms with Crippen molar-refractivity contribution in [2.75, 3.05) is 56.6 Å². The first-order valence-corrected chi connectivity index (χ1v) is 18.9. The number of morpholine rings is 1. The quantitative estimate of drug-likeness (QED) is 0.0546. The van der Waals surface area contributed by atoms with E-state index in [1.54, 1.807) is 16.8 Å².